The standard InChI is InChI=1S/C20H24N4O4S/c1-11(2)8-14(19(25)26)22-18-13(10-21)17(23-20(24-18)29-5)12-6-7-15(27-3)16(9-12)28-4/h6-7,9,11,14H,8H2,1-5H3,(H,25,26)(H,22,23,24). The van der Waals surface area contributed by atoms with E-state index in [0.29, 0.717) is 34.3 Å². The molecule has 0 aliphatic heterocycles. The Balaban J connectivity index is 2.61. The molecule has 0 saturated heterocycles. The SMILES string of the molecule is COc1ccc(-c2nc(SC)nc(NC(CC(C)C)C(=O)O)c2C#N)cc1OC. The first-order valence-corrected chi connectivity index (χ1v) is 10.1. The van der Waals surface area contributed by atoms with Crippen LogP contribution in [0.2, 0.25) is 0 Å². The Bertz CT molecular complexity index is 927. The van der Waals surface area contributed by atoms with E-state index in [0.717, 1.165) is 0 Å². The number of hydrogen-bond donors (Lipinski definition) is 2. The Morgan fingerprint density at radius 1 is 1.28 bits per heavy atom. The predicted octanol–water partition coefficient (Wildman–Crippen LogP) is 3.67. The summed E-state index contributed by atoms with van der Waals surface area (Å²) in [5.41, 5.74) is 1.20. The summed E-state index contributed by atoms with van der Waals surface area (Å²) >= 11 is 1.30. The number of benzene rings is 1. The molecule has 1 unspecified atom stereocenters. The van der Waals surface area contributed by atoms with Crippen LogP contribution in [0.3, 0.4) is 0 Å². The van der Waals surface area contributed by atoms with E-state index in [1.165, 1.54) is 26.0 Å². The molecular formula is C20H24N4O4S. The molecule has 2 rings (SSSR count). The van der Waals surface area contributed by atoms with Gasteiger partial charge in [0, 0.05) is 5.56 Å². The third-order valence-electron chi connectivity index (χ3n) is 4.16. The zero-order valence-corrected chi connectivity index (χ0v) is 17.8. The van der Waals surface area contributed by atoms with Crippen molar-refractivity contribution in [2.75, 3.05) is 25.8 Å². The zero-order valence-electron chi connectivity index (χ0n) is 17.0. The molecule has 1 heterocycles. The first-order valence-electron chi connectivity index (χ1n) is 8.92. The molecule has 1 aromatic carbocycles. The molecule has 1 aromatic heterocycles. The van der Waals surface area contributed by atoms with Crippen molar-refractivity contribution in [3.63, 3.8) is 0 Å². The van der Waals surface area contributed by atoms with Gasteiger partial charge in [-0.2, -0.15) is 5.26 Å². The Hall–Kier alpha value is -2.99. The highest BCUT2D eigenvalue weighted by Crippen LogP contribution is 2.35. The van der Waals surface area contributed by atoms with Gasteiger partial charge < -0.3 is 19.9 Å². The van der Waals surface area contributed by atoms with Crippen molar-refractivity contribution < 1.29 is 19.4 Å². The first-order chi connectivity index (χ1) is 13.8. The fraction of sp³-hybridized carbons (Fsp3) is 0.400. The van der Waals surface area contributed by atoms with Crippen LogP contribution in [-0.4, -0.2) is 47.6 Å². The average Bonchev–Trinajstić information content (AvgIpc) is 2.71. The van der Waals surface area contributed by atoms with E-state index in [-0.39, 0.29) is 17.3 Å². The van der Waals surface area contributed by atoms with Gasteiger partial charge in [0.1, 0.15) is 23.5 Å². The Morgan fingerprint density at radius 2 is 1.97 bits per heavy atom. The van der Waals surface area contributed by atoms with Crippen LogP contribution in [0, 0.1) is 17.2 Å². The van der Waals surface area contributed by atoms with Gasteiger partial charge in [-0.25, -0.2) is 14.8 Å². The summed E-state index contributed by atoms with van der Waals surface area (Å²) in [6, 6.07) is 6.46. The number of aromatic nitrogens is 2. The van der Waals surface area contributed by atoms with E-state index in [9.17, 15) is 15.2 Å². The van der Waals surface area contributed by atoms with Crippen molar-refractivity contribution in [2.24, 2.45) is 5.92 Å². The lowest BCUT2D eigenvalue weighted by atomic mass is 10.0. The number of aliphatic carboxylic acids is 1. The van der Waals surface area contributed by atoms with Crippen LogP contribution in [-0.2, 0) is 4.79 Å². The van der Waals surface area contributed by atoms with Crippen molar-refractivity contribution in [1.29, 1.82) is 5.26 Å². The summed E-state index contributed by atoms with van der Waals surface area (Å²) in [6.07, 6.45) is 2.21. The molecule has 1 atom stereocenters. The van der Waals surface area contributed by atoms with Crippen molar-refractivity contribution >= 4 is 23.5 Å². The van der Waals surface area contributed by atoms with Gasteiger partial charge in [0.25, 0.3) is 0 Å². The van der Waals surface area contributed by atoms with Crippen molar-refractivity contribution in [3.8, 4) is 28.8 Å². The molecule has 0 fully saturated rings. The Morgan fingerprint density at radius 3 is 2.48 bits per heavy atom. The van der Waals surface area contributed by atoms with Gasteiger partial charge in [0.2, 0.25) is 0 Å². The van der Waals surface area contributed by atoms with Crippen LogP contribution in [0.4, 0.5) is 5.82 Å². The van der Waals surface area contributed by atoms with Crippen LogP contribution < -0.4 is 14.8 Å². The Labute approximate surface area is 174 Å². The average molecular weight is 417 g/mol. The number of nitrogens with one attached hydrogen (secondary N) is 1. The van der Waals surface area contributed by atoms with Crippen LogP contribution >= 0.6 is 11.8 Å². The highest BCUT2D eigenvalue weighted by Gasteiger charge is 2.24. The van der Waals surface area contributed by atoms with E-state index < -0.39 is 12.0 Å². The number of anilines is 1. The number of hydrogen-bond acceptors (Lipinski definition) is 8. The number of thioether (sulfide) groups is 1. The lowest BCUT2D eigenvalue weighted by molar-refractivity contribution is -0.138. The third-order valence-corrected chi connectivity index (χ3v) is 4.70. The molecule has 0 amide bonds. The fourth-order valence-electron chi connectivity index (χ4n) is 2.79. The van der Waals surface area contributed by atoms with Crippen molar-refractivity contribution in [3.05, 3.63) is 23.8 Å². The predicted molar refractivity (Wildman–Crippen MR) is 112 cm³/mol. The molecule has 0 spiro atoms. The number of nitriles is 1. The fourth-order valence-corrected chi connectivity index (χ4v) is 3.16. The highest BCUT2D eigenvalue weighted by molar-refractivity contribution is 7.98. The molecule has 0 saturated carbocycles. The van der Waals surface area contributed by atoms with Crippen molar-refractivity contribution in [2.45, 2.75) is 31.5 Å². The summed E-state index contributed by atoms with van der Waals surface area (Å²) in [5, 5.41) is 22.7. The monoisotopic (exact) mass is 416 g/mol. The molecular weight excluding hydrogens is 392 g/mol. The smallest absolute Gasteiger partial charge is 0.326 e. The number of rotatable bonds is 9. The molecule has 0 aliphatic rings. The second kappa shape index (κ2) is 9.98. The molecule has 0 bridgehead atoms. The largest absolute Gasteiger partial charge is 0.493 e. The third kappa shape index (κ3) is 5.29. The number of methoxy groups -OCH3 is 2. The van der Waals surface area contributed by atoms with Gasteiger partial charge in [-0.05, 0) is 36.8 Å². The molecule has 9 heteroatoms. The number of carboxylic acids is 1. The second-order valence-corrected chi connectivity index (χ2v) is 7.40. The maximum Gasteiger partial charge on any atom is 0.326 e. The first kappa shape index (κ1) is 22.3. The minimum absolute atomic E-state index is 0.154. The van der Waals surface area contributed by atoms with Crippen LogP contribution in [0.15, 0.2) is 23.4 Å². The van der Waals surface area contributed by atoms with E-state index in [1.807, 2.05) is 20.1 Å². The van der Waals surface area contributed by atoms with Crippen LogP contribution in [0.5, 0.6) is 11.5 Å². The molecule has 2 N–H and O–H groups in total. The topological polar surface area (TPSA) is 117 Å². The lowest BCUT2D eigenvalue weighted by Crippen LogP contribution is -2.31. The van der Waals surface area contributed by atoms with Gasteiger partial charge >= 0.3 is 5.97 Å². The number of nitrogens with zero attached hydrogens (tertiary/aromatic N) is 3. The summed E-state index contributed by atoms with van der Waals surface area (Å²) in [5.74, 6) is 0.400. The van der Waals surface area contributed by atoms with E-state index in [1.54, 1.807) is 18.2 Å². The molecule has 8 nitrogen and oxygen atoms in total. The van der Waals surface area contributed by atoms with E-state index in [2.05, 4.69) is 21.4 Å². The summed E-state index contributed by atoms with van der Waals surface area (Å²) < 4.78 is 10.6. The van der Waals surface area contributed by atoms with Crippen LogP contribution in [0.1, 0.15) is 25.8 Å². The summed E-state index contributed by atoms with van der Waals surface area (Å²) in [6.45, 7) is 3.87. The minimum Gasteiger partial charge on any atom is -0.493 e. The Kier molecular flexibility index (Phi) is 7.67. The summed E-state index contributed by atoms with van der Waals surface area (Å²) in [4.78, 5) is 20.5. The maximum absolute atomic E-state index is 11.7. The van der Waals surface area contributed by atoms with Crippen molar-refractivity contribution in [1.82, 2.24) is 9.97 Å². The molecule has 2 aromatic rings. The highest BCUT2D eigenvalue weighted by atomic mass is 32.2. The van der Waals surface area contributed by atoms with Gasteiger partial charge in [0.05, 0.1) is 19.9 Å². The number of carbonyl (C=O) groups is 1. The van der Waals surface area contributed by atoms with E-state index >= 15 is 0 Å². The minimum atomic E-state index is -1.00. The van der Waals surface area contributed by atoms with E-state index in [4.69, 9.17) is 9.47 Å². The number of carboxylic acid groups (broad SMARTS) is 1. The van der Waals surface area contributed by atoms with Gasteiger partial charge in [-0.15, -0.1) is 0 Å². The summed E-state index contributed by atoms with van der Waals surface area (Å²) in [7, 11) is 3.06. The van der Waals surface area contributed by atoms with Crippen LogP contribution in [0.25, 0.3) is 11.3 Å². The quantitative estimate of drug-likeness (QED) is 0.466. The van der Waals surface area contributed by atoms with Gasteiger partial charge in [-0.3, -0.25) is 0 Å². The van der Waals surface area contributed by atoms with Gasteiger partial charge in [-0.1, -0.05) is 25.6 Å². The molecule has 29 heavy (non-hydrogen) atoms. The zero-order chi connectivity index (χ0) is 21.6. The maximum atomic E-state index is 11.7. The molecule has 0 radical (unpaired) electrons. The lowest BCUT2D eigenvalue weighted by Gasteiger charge is -2.19. The second-order valence-electron chi connectivity index (χ2n) is 6.63. The molecule has 154 valence electrons. The number of ether oxygens (including phenoxy) is 2. The normalized spacial score (nSPS) is 11.6. The molecule has 0 aliphatic carbocycles. The van der Waals surface area contributed by atoms with Gasteiger partial charge in [0.15, 0.2) is 16.7 Å².